The van der Waals surface area contributed by atoms with E-state index in [4.69, 9.17) is 9.47 Å². The van der Waals surface area contributed by atoms with E-state index in [0.717, 1.165) is 6.54 Å². The lowest BCUT2D eigenvalue weighted by Crippen LogP contribution is -2.39. The first-order valence-electron chi connectivity index (χ1n) is 6.14. The molecule has 2 rings (SSSR count). The third-order valence-corrected chi connectivity index (χ3v) is 4.51. The van der Waals surface area contributed by atoms with Crippen LogP contribution >= 0.6 is 11.3 Å². The van der Waals surface area contributed by atoms with Crippen molar-refractivity contribution in [2.24, 2.45) is 0 Å². The second kappa shape index (κ2) is 5.96. The fraction of sp³-hybridized carbons (Fsp3) is 0.692. The lowest BCUT2D eigenvalue weighted by molar-refractivity contribution is -0.119. The van der Waals surface area contributed by atoms with Gasteiger partial charge in [0.2, 0.25) is 0 Å². The van der Waals surface area contributed by atoms with E-state index in [1.807, 2.05) is 11.3 Å². The smallest absolute Gasteiger partial charge is 0.171 e. The Hall–Kier alpha value is -0.420. The number of nitrogens with one attached hydrogen (secondary N) is 1. The van der Waals surface area contributed by atoms with Gasteiger partial charge in [0.05, 0.1) is 6.04 Å². The van der Waals surface area contributed by atoms with Crippen molar-refractivity contribution < 1.29 is 9.47 Å². The largest absolute Gasteiger partial charge is 0.354 e. The lowest BCUT2D eigenvalue weighted by Gasteiger charge is -2.21. The molecular weight excluding hydrogens is 234 g/mol. The minimum Gasteiger partial charge on any atom is -0.354 e. The zero-order chi connectivity index (χ0) is 12.3. The number of thiophene rings is 1. The lowest BCUT2D eigenvalue weighted by atomic mass is 10.2. The van der Waals surface area contributed by atoms with Gasteiger partial charge >= 0.3 is 0 Å². The Labute approximate surface area is 107 Å². The minimum atomic E-state index is -0.179. The maximum atomic E-state index is 5.23. The standard InChI is InChI=1S/C13H21NO2S/c1-9(13(15-2)16-3)14-8-11-7-10-5-4-6-12(10)17-11/h7,9,13-14H,4-6,8H2,1-3H3. The highest BCUT2D eigenvalue weighted by Gasteiger charge is 2.17. The van der Waals surface area contributed by atoms with Crippen LogP contribution < -0.4 is 5.32 Å². The SMILES string of the molecule is COC(OC)C(C)NCc1cc2c(s1)CCC2. The van der Waals surface area contributed by atoms with Crippen molar-refractivity contribution in [2.45, 2.75) is 45.1 Å². The van der Waals surface area contributed by atoms with Crippen molar-refractivity contribution in [3.63, 3.8) is 0 Å². The van der Waals surface area contributed by atoms with Crippen LogP contribution in [0.4, 0.5) is 0 Å². The molecule has 17 heavy (non-hydrogen) atoms. The monoisotopic (exact) mass is 255 g/mol. The van der Waals surface area contributed by atoms with Gasteiger partial charge in [0.15, 0.2) is 6.29 Å². The van der Waals surface area contributed by atoms with Crippen molar-refractivity contribution in [3.05, 3.63) is 21.4 Å². The van der Waals surface area contributed by atoms with Crippen molar-refractivity contribution in [3.8, 4) is 0 Å². The molecule has 1 aliphatic carbocycles. The molecule has 0 fully saturated rings. The first-order valence-corrected chi connectivity index (χ1v) is 6.95. The highest BCUT2D eigenvalue weighted by atomic mass is 32.1. The Morgan fingerprint density at radius 1 is 1.35 bits per heavy atom. The van der Waals surface area contributed by atoms with Crippen LogP contribution in [0.2, 0.25) is 0 Å². The first-order chi connectivity index (χ1) is 8.24. The number of hydrogen-bond acceptors (Lipinski definition) is 4. The maximum Gasteiger partial charge on any atom is 0.171 e. The molecule has 3 nitrogen and oxygen atoms in total. The third kappa shape index (κ3) is 3.07. The van der Waals surface area contributed by atoms with Gasteiger partial charge in [-0.3, -0.25) is 0 Å². The van der Waals surface area contributed by atoms with Crippen molar-refractivity contribution in [2.75, 3.05) is 14.2 Å². The fourth-order valence-electron chi connectivity index (χ4n) is 2.34. The summed E-state index contributed by atoms with van der Waals surface area (Å²) >= 11 is 1.95. The Balaban J connectivity index is 1.85. The number of hydrogen-bond donors (Lipinski definition) is 1. The first kappa shape index (κ1) is 13.0. The summed E-state index contributed by atoms with van der Waals surface area (Å²) in [6, 6.07) is 2.54. The van der Waals surface area contributed by atoms with Crippen LogP contribution in [0.25, 0.3) is 0 Å². The molecule has 0 aromatic carbocycles. The molecule has 0 bridgehead atoms. The van der Waals surface area contributed by atoms with Gasteiger partial charge in [-0.05, 0) is 37.8 Å². The van der Waals surface area contributed by atoms with Crippen molar-refractivity contribution >= 4 is 11.3 Å². The van der Waals surface area contributed by atoms with Crippen LogP contribution in [0.1, 0.15) is 28.7 Å². The zero-order valence-corrected chi connectivity index (χ0v) is 11.6. The van der Waals surface area contributed by atoms with E-state index in [2.05, 4.69) is 18.3 Å². The summed E-state index contributed by atoms with van der Waals surface area (Å²) in [5.74, 6) is 0. The average Bonchev–Trinajstić information content (AvgIpc) is 2.88. The summed E-state index contributed by atoms with van der Waals surface area (Å²) in [6.45, 7) is 2.99. The molecule has 1 unspecified atom stereocenters. The van der Waals surface area contributed by atoms with Gasteiger partial charge in [-0.15, -0.1) is 11.3 Å². The van der Waals surface area contributed by atoms with Crippen molar-refractivity contribution in [1.82, 2.24) is 5.32 Å². The second-order valence-electron chi connectivity index (χ2n) is 4.52. The number of rotatable bonds is 6. The molecular formula is C13H21NO2S. The van der Waals surface area contributed by atoms with E-state index in [1.165, 1.54) is 24.1 Å². The van der Waals surface area contributed by atoms with E-state index < -0.39 is 0 Å². The van der Waals surface area contributed by atoms with E-state index in [0.29, 0.717) is 0 Å². The number of aryl methyl sites for hydroxylation is 2. The maximum absolute atomic E-state index is 5.23. The summed E-state index contributed by atoms with van der Waals surface area (Å²) in [5.41, 5.74) is 1.56. The quantitative estimate of drug-likeness (QED) is 0.791. The molecule has 1 aromatic rings. The van der Waals surface area contributed by atoms with E-state index in [1.54, 1.807) is 24.7 Å². The summed E-state index contributed by atoms with van der Waals surface area (Å²) in [5, 5.41) is 3.45. The normalized spacial score (nSPS) is 16.5. The van der Waals surface area contributed by atoms with Gasteiger partial charge in [0.25, 0.3) is 0 Å². The minimum absolute atomic E-state index is 0.179. The summed E-state index contributed by atoms with van der Waals surface area (Å²) in [4.78, 5) is 3.01. The molecule has 0 spiro atoms. The highest BCUT2D eigenvalue weighted by Crippen LogP contribution is 2.30. The van der Waals surface area contributed by atoms with Crippen LogP contribution in [0.5, 0.6) is 0 Å². The molecule has 0 saturated carbocycles. The zero-order valence-electron chi connectivity index (χ0n) is 10.8. The van der Waals surface area contributed by atoms with Gasteiger partial charge in [-0.2, -0.15) is 0 Å². The Morgan fingerprint density at radius 2 is 2.12 bits per heavy atom. The van der Waals surface area contributed by atoms with E-state index >= 15 is 0 Å². The predicted molar refractivity (Wildman–Crippen MR) is 70.5 cm³/mol. The molecule has 1 heterocycles. The second-order valence-corrected chi connectivity index (χ2v) is 5.75. The van der Waals surface area contributed by atoms with E-state index in [-0.39, 0.29) is 12.3 Å². The number of methoxy groups -OCH3 is 2. The molecule has 96 valence electrons. The van der Waals surface area contributed by atoms with Gasteiger partial charge in [-0.1, -0.05) is 0 Å². The Morgan fingerprint density at radius 3 is 2.76 bits per heavy atom. The summed E-state index contributed by atoms with van der Waals surface area (Å²) in [6.07, 6.45) is 3.69. The Bertz CT molecular complexity index is 339. The molecule has 0 radical (unpaired) electrons. The molecule has 1 N–H and O–H groups in total. The van der Waals surface area contributed by atoms with Gasteiger partial charge < -0.3 is 14.8 Å². The number of fused-ring (bicyclic) bond motifs is 1. The van der Waals surface area contributed by atoms with E-state index in [9.17, 15) is 0 Å². The van der Waals surface area contributed by atoms with Gasteiger partial charge in [-0.25, -0.2) is 0 Å². The third-order valence-electron chi connectivity index (χ3n) is 3.27. The van der Waals surface area contributed by atoms with Gasteiger partial charge in [0.1, 0.15) is 0 Å². The van der Waals surface area contributed by atoms with Gasteiger partial charge in [0, 0.05) is 30.5 Å². The topological polar surface area (TPSA) is 30.5 Å². The molecule has 1 aromatic heterocycles. The van der Waals surface area contributed by atoms with Crippen molar-refractivity contribution in [1.29, 1.82) is 0 Å². The fourth-order valence-corrected chi connectivity index (χ4v) is 3.55. The van der Waals surface area contributed by atoms with Crippen LogP contribution in [-0.4, -0.2) is 26.6 Å². The summed E-state index contributed by atoms with van der Waals surface area (Å²) < 4.78 is 10.5. The molecule has 1 atom stereocenters. The Kier molecular flexibility index (Phi) is 4.56. The predicted octanol–water partition coefficient (Wildman–Crippen LogP) is 2.33. The molecule has 0 amide bonds. The molecule has 0 saturated heterocycles. The van der Waals surface area contributed by atoms with Crippen LogP contribution in [0, 0.1) is 0 Å². The van der Waals surface area contributed by atoms with Crippen LogP contribution in [0.3, 0.4) is 0 Å². The number of ether oxygens (including phenoxy) is 2. The van der Waals surface area contributed by atoms with Crippen LogP contribution in [0.15, 0.2) is 6.07 Å². The highest BCUT2D eigenvalue weighted by molar-refractivity contribution is 7.12. The summed E-state index contributed by atoms with van der Waals surface area (Å²) in [7, 11) is 3.35. The molecule has 4 heteroatoms. The molecule has 1 aliphatic rings. The average molecular weight is 255 g/mol. The van der Waals surface area contributed by atoms with Crippen LogP contribution in [-0.2, 0) is 28.9 Å². The molecule has 0 aliphatic heterocycles.